The number of halogens is 1. The van der Waals surface area contributed by atoms with Crippen LogP contribution in [0.25, 0.3) is 22.3 Å². The zero-order valence-electron chi connectivity index (χ0n) is 17.0. The van der Waals surface area contributed by atoms with Crippen LogP contribution in [0.15, 0.2) is 48.7 Å². The molecule has 0 saturated heterocycles. The number of para-hydroxylation sites is 1. The maximum Gasteiger partial charge on any atom is 0.307 e. The summed E-state index contributed by atoms with van der Waals surface area (Å²) in [6.07, 6.45) is 1.55. The maximum absolute atomic E-state index is 13.9. The monoisotopic (exact) mass is 422 g/mol. The molecule has 0 aliphatic heterocycles. The van der Waals surface area contributed by atoms with Gasteiger partial charge in [0, 0.05) is 29.8 Å². The van der Waals surface area contributed by atoms with Gasteiger partial charge in [-0.05, 0) is 26.0 Å². The molecule has 4 aromatic rings. The fourth-order valence-corrected chi connectivity index (χ4v) is 3.29. The van der Waals surface area contributed by atoms with Crippen LogP contribution in [0.5, 0.6) is 5.75 Å². The van der Waals surface area contributed by atoms with Gasteiger partial charge >= 0.3 is 5.69 Å². The number of hydrogen-bond acceptors (Lipinski definition) is 7. The molecule has 158 valence electrons. The number of nitro groups is 1. The molecule has 31 heavy (non-hydrogen) atoms. The molecule has 2 aromatic heterocycles. The summed E-state index contributed by atoms with van der Waals surface area (Å²) >= 11 is 0. The Morgan fingerprint density at radius 1 is 1.23 bits per heavy atom. The predicted molar refractivity (Wildman–Crippen MR) is 114 cm³/mol. The summed E-state index contributed by atoms with van der Waals surface area (Å²) in [5, 5.41) is 19.6. The minimum Gasteiger partial charge on any atom is -0.494 e. The van der Waals surface area contributed by atoms with Gasteiger partial charge in [-0.1, -0.05) is 18.2 Å². The summed E-state index contributed by atoms with van der Waals surface area (Å²) < 4.78 is 21.0. The van der Waals surface area contributed by atoms with Gasteiger partial charge in [-0.3, -0.25) is 14.8 Å². The first kappa shape index (κ1) is 20.2. The molecule has 4 rings (SSSR count). The number of anilines is 2. The Bertz CT molecular complexity index is 1290. The number of rotatable bonds is 6. The third kappa shape index (κ3) is 3.75. The second-order valence-corrected chi connectivity index (χ2v) is 7.06. The molecule has 0 amide bonds. The number of ether oxygens (including phenoxy) is 1. The molecule has 0 unspecified atom stereocenters. The molecule has 2 aromatic carbocycles. The lowest BCUT2D eigenvalue weighted by molar-refractivity contribution is -0.387. The van der Waals surface area contributed by atoms with Crippen molar-refractivity contribution in [2.75, 3.05) is 12.4 Å². The van der Waals surface area contributed by atoms with E-state index in [1.807, 2.05) is 42.8 Å². The Kier molecular flexibility index (Phi) is 5.20. The first-order valence-electron chi connectivity index (χ1n) is 9.48. The minimum absolute atomic E-state index is 0.0895. The number of aromatic nitrogens is 4. The molecule has 0 saturated carbocycles. The van der Waals surface area contributed by atoms with Crippen molar-refractivity contribution in [2.45, 2.75) is 19.9 Å². The normalized spacial score (nSPS) is 11.1. The quantitative estimate of drug-likeness (QED) is 0.349. The Morgan fingerprint density at radius 3 is 2.71 bits per heavy atom. The van der Waals surface area contributed by atoms with E-state index in [0.29, 0.717) is 11.4 Å². The van der Waals surface area contributed by atoms with E-state index in [-0.39, 0.29) is 23.4 Å². The van der Waals surface area contributed by atoms with Crippen LogP contribution in [-0.4, -0.2) is 31.8 Å². The summed E-state index contributed by atoms with van der Waals surface area (Å²) in [6, 6.07) is 11.7. The highest BCUT2D eigenvalue weighted by molar-refractivity contribution is 5.92. The molecule has 0 fully saturated rings. The SMILES string of the molecule is COc1cc(F)c([N+](=O)[O-])cc1Nc1nccc(-c2nn(C(C)C)c3ccccc23)n1. The van der Waals surface area contributed by atoms with Crippen LogP contribution < -0.4 is 10.1 Å². The molecule has 9 nitrogen and oxygen atoms in total. The van der Waals surface area contributed by atoms with Crippen LogP contribution in [0.2, 0.25) is 0 Å². The van der Waals surface area contributed by atoms with E-state index in [9.17, 15) is 14.5 Å². The molecule has 10 heteroatoms. The zero-order chi connectivity index (χ0) is 22.1. The molecular weight excluding hydrogens is 403 g/mol. The Labute approximate surface area is 176 Å². The van der Waals surface area contributed by atoms with Gasteiger partial charge in [0.05, 0.1) is 28.9 Å². The predicted octanol–water partition coefficient (Wildman–Crippen LogP) is 4.87. The van der Waals surface area contributed by atoms with Gasteiger partial charge in [0.1, 0.15) is 11.4 Å². The van der Waals surface area contributed by atoms with E-state index in [1.165, 1.54) is 7.11 Å². The zero-order valence-corrected chi connectivity index (χ0v) is 17.0. The molecule has 0 bridgehead atoms. The van der Waals surface area contributed by atoms with Gasteiger partial charge in [-0.2, -0.15) is 9.49 Å². The van der Waals surface area contributed by atoms with E-state index in [1.54, 1.807) is 12.3 Å². The van der Waals surface area contributed by atoms with Crippen LogP contribution in [-0.2, 0) is 0 Å². The summed E-state index contributed by atoms with van der Waals surface area (Å²) in [4.78, 5) is 19.0. The largest absolute Gasteiger partial charge is 0.494 e. The summed E-state index contributed by atoms with van der Waals surface area (Å²) in [5.74, 6) is -0.737. The standard InChI is InChI=1S/C21H19FN6O3/c1-12(2)27-17-7-5-4-6-13(17)20(26-27)15-8-9-23-21(24-15)25-16-11-18(28(29)30)14(22)10-19(16)31-3/h4-12H,1-3H3,(H,23,24,25). The second kappa shape index (κ2) is 7.98. The van der Waals surface area contributed by atoms with Crippen molar-refractivity contribution in [2.24, 2.45) is 0 Å². The van der Waals surface area contributed by atoms with Crippen LogP contribution in [0, 0.1) is 15.9 Å². The smallest absolute Gasteiger partial charge is 0.307 e. The van der Waals surface area contributed by atoms with Crippen molar-refractivity contribution in [3.8, 4) is 17.1 Å². The van der Waals surface area contributed by atoms with Crippen LogP contribution in [0.4, 0.5) is 21.7 Å². The van der Waals surface area contributed by atoms with Gasteiger partial charge < -0.3 is 10.1 Å². The molecule has 0 radical (unpaired) electrons. The van der Waals surface area contributed by atoms with Crippen molar-refractivity contribution in [3.63, 3.8) is 0 Å². The van der Waals surface area contributed by atoms with Gasteiger partial charge in [0.2, 0.25) is 11.8 Å². The molecule has 0 atom stereocenters. The Hall–Kier alpha value is -4.08. The molecule has 0 aliphatic carbocycles. The lowest BCUT2D eigenvalue weighted by Crippen LogP contribution is -2.03. The third-order valence-electron chi connectivity index (χ3n) is 4.71. The lowest BCUT2D eigenvalue weighted by atomic mass is 10.1. The van der Waals surface area contributed by atoms with E-state index in [0.717, 1.165) is 23.0 Å². The molecule has 0 spiro atoms. The summed E-state index contributed by atoms with van der Waals surface area (Å²) in [7, 11) is 1.34. The van der Waals surface area contributed by atoms with E-state index in [4.69, 9.17) is 9.84 Å². The van der Waals surface area contributed by atoms with Crippen molar-refractivity contribution in [3.05, 3.63) is 64.6 Å². The second-order valence-electron chi connectivity index (χ2n) is 7.06. The molecule has 2 heterocycles. The van der Waals surface area contributed by atoms with Gasteiger partial charge in [-0.25, -0.2) is 9.97 Å². The average Bonchev–Trinajstić information content (AvgIpc) is 3.15. The Balaban J connectivity index is 1.77. The van der Waals surface area contributed by atoms with E-state index >= 15 is 0 Å². The number of hydrogen-bond donors (Lipinski definition) is 1. The van der Waals surface area contributed by atoms with Gasteiger partial charge in [0.25, 0.3) is 0 Å². The number of benzene rings is 2. The first-order valence-corrected chi connectivity index (χ1v) is 9.48. The molecule has 0 aliphatic rings. The third-order valence-corrected chi connectivity index (χ3v) is 4.71. The number of nitrogens with zero attached hydrogens (tertiary/aromatic N) is 5. The average molecular weight is 422 g/mol. The van der Waals surface area contributed by atoms with Crippen LogP contribution in [0.1, 0.15) is 19.9 Å². The number of methoxy groups -OCH3 is 1. The molecular formula is C21H19FN6O3. The highest BCUT2D eigenvalue weighted by atomic mass is 19.1. The van der Waals surface area contributed by atoms with Crippen molar-refractivity contribution in [1.29, 1.82) is 0 Å². The fourth-order valence-electron chi connectivity index (χ4n) is 3.29. The number of nitro benzene ring substituents is 1. The lowest BCUT2D eigenvalue weighted by Gasteiger charge is -2.10. The van der Waals surface area contributed by atoms with Gasteiger partial charge in [0.15, 0.2) is 0 Å². The van der Waals surface area contributed by atoms with Crippen molar-refractivity contribution in [1.82, 2.24) is 19.7 Å². The number of fused-ring (bicyclic) bond motifs is 1. The highest BCUT2D eigenvalue weighted by Gasteiger charge is 2.20. The highest BCUT2D eigenvalue weighted by Crippen LogP contribution is 2.34. The van der Waals surface area contributed by atoms with Crippen LogP contribution >= 0.6 is 0 Å². The fraction of sp³-hybridized carbons (Fsp3) is 0.190. The first-order chi connectivity index (χ1) is 14.9. The topological polar surface area (TPSA) is 108 Å². The van der Waals surface area contributed by atoms with Crippen molar-refractivity contribution >= 4 is 28.2 Å². The van der Waals surface area contributed by atoms with Crippen LogP contribution in [0.3, 0.4) is 0 Å². The number of nitrogens with one attached hydrogen (secondary N) is 1. The van der Waals surface area contributed by atoms with E-state index < -0.39 is 16.4 Å². The summed E-state index contributed by atoms with van der Waals surface area (Å²) in [6.45, 7) is 4.09. The minimum atomic E-state index is -0.993. The maximum atomic E-state index is 13.9. The van der Waals surface area contributed by atoms with Crippen molar-refractivity contribution < 1.29 is 14.1 Å². The Morgan fingerprint density at radius 2 is 2.00 bits per heavy atom. The summed E-state index contributed by atoms with van der Waals surface area (Å²) in [5.41, 5.74) is 1.73. The van der Waals surface area contributed by atoms with Gasteiger partial charge in [-0.15, -0.1) is 0 Å². The van der Waals surface area contributed by atoms with E-state index in [2.05, 4.69) is 15.3 Å². The molecule has 1 N–H and O–H groups in total.